The maximum Gasteiger partial charge on any atom is 0.427 e. The van der Waals surface area contributed by atoms with Crippen LogP contribution < -0.4 is 0 Å². The van der Waals surface area contributed by atoms with E-state index in [4.69, 9.17) is 0 Å². The third-order valence-corrected chi connectivity index (χ3v) is 3.08. The minimum atomic E-state index is -5.15. The molecule has 0 saturated heterocycles. The van der Waals surface area contributed by atoms with E-state index in [9.17, 15) is 31.4 Å². The first-order chi connectivity index (χ1) is 10.1. The van der Waals surface area contributed by atoms with Crippen molar-refractivity contribution in [3.8, 4) is 0 Å². The van der Waals surface area contributed by atoms with Gasteiger partial charge in [0.1, 0.15) is 0 Å². The molecule has 2 rings (SSSR count). The summed E-state index contributed by atoms with van der Waals surface area (Å²) in [6.07, 6.45) is -8.78. The third-order valence-electron chi connectivity index (χ3n) is 3.08. The van der Waals surface area contributed by atoms with Gasteiger partial charge in [0.2, 0.25) is 5.60 Å². The number of pyridine rings is 1. The number of rotatable bonds is 2. The fourth-order valence-electron chi connectivity index (χ4n) is 1.93. The molecule has 0 saturated carbocycles. The van der Waals surface area contributed by atoms with E-state index in [1.807, 2.05) is 0 Å². The van der Waals surface area contributed by atoms with Crippen LogP contribution in [0.5, 0.6) is 0 Å². The van der Waals surface area contributed by atoms with E-state index in [2.05, 4.69) is 4.98 Å². The highest BCUT2D eigenvalue weighted by atomic mass is 19.4. The number of hydrogen-bond donors (Lipinski definition) is 1. The summed E-state index contributed by atoms with van der Waals surface area (Å²) in [5, 5.41) is 10.1. The van der Waals surface area contributed by atoms with Gasteiger partial charge >= 0.3 is 12.4 Å². The van der Waals surface area contributed by atoms with Crippen LogP contribution in [0, 0.1) is 0 Å². The molecule has 1 unspecified atom stereocenters. The van der Waals surface area contributed by atoms with Crippen molar-refractivity contribution in [3.63, 3.8) is 0 Å². The largest absolute Gasteiger partial charge is 0.427 e. The first-order valence-electron chi connectivity index (χ1n) is 5.95. The molecule has 8 heteroatoms. The van der Waals surface area contributed by atoms with Crippen molar-refractivity contribution in [2.45, 2.75) is 18.0 Å². The topological polar surface area (TPSA) is 33.1 Å². The summed E-state index contributed by atoms with van der Waals surface area (Å²) < 4.78 is 77.3. The molecule has 0 spiro atoms. The fraction of sp³-hybridized carbons (Fsp3) is 0.214. The van der Waals surface area contributed by atoms with Gasteiger partial charge in [0.05, 0.1) is 11.3 Å². The molecule has 2 aromatic rings. The summed E-state index contributed by atoms with van der Waals surface area (Å²) in [5.41, 5.74) is -6.06. The lowest BCUT2D eigenvalue weighted by Gasteiger charge is -2.30. The Kier molecular flexibility index (Phi) is 3.90. The predicted molar refractivity (Wildman–Crippen MR) is 64.7 cm³/mol. The van der Waals surface area contributed by atoms with Crippen LogP contribution in [0.2, 0.25) is 0 Å². The summed E-state index contributed by atoms with van der Waals surface area (Å²) in [5.74, 6) is 0. The average Bonchev–Trinajstić information content (AvgIpc) is 2.45. The molecule has 118 valence electrons. The second-order valence-corrected chi connectivity index (χ2v) is 4.50. The molecule has 2 nitrogen and oxygen atoms in total. The van der Waals surface area contributed by atoms with Crippen molar-refractivity contribution >= 4 is 0 Å². The van der Waals surface area contributed by atoms with Gasteiger partial charge < -0.3 is 5.11 Å². The van der Waals surface area contributed by atoms with E-state index in [1.165, 1.54) is 12.1 Å². The van der Waals surface area contributed by atoms with Gasteiger partial charge in [-0.2, -0.15) is 26.3 Å². The lowest BCUT2D eigenvalue weighted by molar-refractivity contribution is -0.249. The van der Waals surface area contributed by atoms with Crippen LogP contribution >= 0.6 is 0 Å². The van der Waals surface area contributed by atoms with Gasteiger partial charge in [-0.25, -0.2) is 0 Å². The van der Waals surface area contributed by atoms with Crippen molar-refractivity contribution < 1.29 is 31.4 Å². The molecule has 1 heterocycles. The van der Waals surface area contributed by atoms with Crippen molar-refractivity contribution in [3.05, 3.63) is 65.5 Å². The van der Waals surface area contributed by atoms with Crippen LogP contribution in [0.1, 0.15) is 16.8 Å². The highest BCUT2D eigenvalue weighted by Crippen LogP contribution is 2.43. The van der Waals surface area contributed by atoms with E-state index < -0.39 is 34.8 Å². The van der Waals surface area contributed by atoms with E-state index in [1.54, 1.807) is 0 Å². The first-order valence-corrected chi connectivity index (χ1v) is 5.95. The van der Waals surface area contributed by atoms with Crippen molar-refractivity contribution in [2.75, 3.05) is 0 Å². The molecule has 1 aromatic heterocycles. The first kappa shape index (κ1) is 16.3. The van der Waals surface area contributed by atoms with Gasteiger partial charge in [0, 0.05) is 6.20 Å². The summed E-state index contributed by atoms with van der Waals surface area (Å²) in [4.78, 5) is 3.47. The monoisotopic (exact) mass is 321 g/mol. The smallest absolute Gasteiger partial charge is 0.371 e. The molecule has 1 atom stereocenters. The SMILES string of the molecule is OC(c1ccc(C(F)(F)F)cc1)(c1ccccn1)C(F)(F)F. The van der Waals surface area contributed by atoms with Gasteiger partial charge in [-0.15, -0.1) is 0 Å². The normalized spacial score (nSPS) is 15.4. The molecule has 0 aliphatic carbocycles. The van der Waals surface area contributed by atoms with Gasteiger partial charge in [-0.05, 0) is 29.8 Å². The zero-order valence-electron chi connectivity index (χ0n) is 10.8. The fourth-order valence-corrected chi connectivity index (χ4v) is 1.93. The number of halogens is 6. The van der Waals surface area contributed by atoms with E-state index in [-0.39, 0.29) is 0 Å². The molecule has 0 aliphatic rings. The van der Waals surface area contributed by atoms with Crippen LogP contribution in [-0.4, -0.2) is 16.3 Å². The molecule has 1 aromatic carbocycles. The zero-order valence-corrected chi connectivity index (χ0v) is 10.8. The molecular formula is C14H9F6NO. The molecule has 0 fully saturated rings. The van der Waals surface area contributed by atoms with E-state index in [0.717, 1.165) is 12.3 Å². The Bertz CT molecular complexity index is 635. The molecule has 0 bridgehead atoms. The molecule has 22 heavy (non-hydrogen) atoms. The Labute approximate surface area is 121 Å². The van der Waals surface area contributed by atoms with Crippen molar-refractivity contribution in [1.82, 2.24) is 4.98 Å². The second-order valence-electron chi connectivity index (χ2n) is 4.50. The average molecular weight is 321 g/mol. The maximum absolute atomic E-state index is 13.3. The number of nitrogens with zero attached hydrogens (tertiary/aromatic N) is 1. The lowest BCUT2D eigenvalue weighted by Crippen LogP contribution is -2.44. The van der Waals surface area contributed by atoms with Gasteiger partial charge in [-0.3, -0.25) is 4.98 Å². The Balaban J connectivity index is 2.57. The third kappa shape index (κ3) is 2.78. The Morgan fingerprint density at radius 1 is 0.773 bits per heavy atom. The number of benzene rings is 1. The van der Waals surface area contributed by atoms with E-state index >= 15 is 0 Å². The highest BCUT2D eigenvalue weighted by Gasteiger charge is 2.57. The van der Waals surface area contributed by atoms with Crippen LogP contribution in [0.15, 0.2) is 48.7 Å². The maximum atomic E-state index is 13.3. The Hall–Kier alpha value is -2.09. The summed E-state index contributed by atoms with van der Waals surface area (Å²) in [6.45, 7) is 0. The summed E-state index contributed by atoms with van der Waals surface area (Å²) in [6, 6.07) is 5.68. The van der Waals surface area contributed by atoms with Crippen molar-refractivity contribution in [2.24, 2.45) is 0 Å². The quantitative estimate of drug-likeness (QED) is 0.851. The van der Waals surface area contributed by atoms with Crippen LogP contribution in [0.25, 0.3) is 0 Å². The molecule has 0 aliphatic heterocycles. The zero-order chi connectivity index (χ0) is 16.6. The second kappa shape index (κ2) is 5.28. The number of hydrogen-bond acceptors (Lipinski definition) is 2. The highest BCUT2D eigenvalue weighted by molar-refractivity contribution is 5.36. The Morgan fingerprint density at radius 3 is 1.73 bits per heavy atom. The van der Waals surface area contributed by atoms with Gasteiger partial charge in [0.15, 0.2) is 0 Å². The summed E-state index contributed by atoms with van der Waals surface area (Å²) in [7, 11) is 0. The van der Waals surface area contributed by atoms with Gasteiger partial charge in [-0.1, -0.05) is 18.2 Å². The van der Waals surface area contributed by atoms with Gasteiger partial charge in [0.25, 0.3) is 0 Å². The van der Waals surface area contributed by atoms with Crippen LogP contribution in [0.3, 0.4) is 0 Å². The summed E-state index contributed by atoms with van der Waals surface area (Å²) >= 11 is 0. The molecule has 0 radical (unpaired) electrons. The minimum absolute atomic E-state index is 0.481. The Morgan fingerprint density at radius 2 is 1.32 bits per heavy atom. The lowest BCUT2D eigenvalue weighted by atomic mass is 9.88. The van der Waals surface area contributed by atoms with Crippen LogP contribution in [0.4, 0.5) is 26.3 Å². The predicted octanol–water partition coefficient (Wildman–Crippen LogP) is 3.90. The molecular weight excluding hydrogens is 312 g/mol. The molecule has 0 amide bonds. The minimum Gasteiger partial charge on any atom is -0.371 e. The standard InChI is InChI=1S/C14H9F6NO/c15-13(16,17)10-6-4-9(5-7-10)12(22,14(18,19)20)11-3-1-2-8-21-11/h1-8,22H. The molecule has 1 N–H and O–H groups in total. The number of aliphatic hydroxyl groups is 1. The number of aromatic nitrogens is 1. The van der Waals surface area contributed by atoms with Crippen molar-refractivity contribution in [1.29, 1.82) is 0 Å². The van der Waals surface area contributed by atoms with E-state index in [0.29, 0.717) is 24.3 Å². The van der Waals surface area contributed by atoms with Crippen LogP contribution in [-0.2, 0) is 11.8 Å². The number of alkyl halides is 6.